The molecule has 0 bridgehead atoms. The number of nitrogens with zero attached hydrogens (tertiary/aromatic N) is 3. The monoisotopic (exact) mass is 309 g/mol. The fraction of sp³-hybridized carbons (Fsp3) is 0.308. The third-order valence-electron chi connectivity index (χ3n) is 3.12. The number of hydrogen-bond donors (Lipinski definition) is 0. The molecule has 0 unspecified atom stereocenters. The lowest BCUT2D eigenvalue weighted by Gasteiger charge is -2.32. The van der Waals surface area contributed by atoms with Gasteiger partial charge in [-0.25, -0.2) is 4.98 Å². The van der Waals surface area contributed by atoms with E-state index in [9.17, 15) is 8.42 Å². The summed E-state index contributed by atoms with van der Waals surface area (Å²) >= 11 is 1.70. The molecule has 1 aromatic carbocycles. The maximum absolute atomic E-state index is 12.7. The minimum atomic E-state index is -3.60. The molecule has 2 aromatic rings. The van der Waals surface area contributed by atoms with Crippen LogP contribution >= 0.6 is 11.8 Å². The number of sulfonamides is 1. The molecule has 1 aliphatic heterocycles. The normalized spacial score (nSPS) is 18.9. The Morgan fingerprint density at radius 1 is 1.35 bits per heavy atom. The molecule has 0 saturated heterocycles. The number of imidazole rings is 1. The lowest BCUT2D eigenvalue weighted by molar-refractivity contribution is 0.586. The molecule has 0 spiro atoms. The van der Waals surface area contributed by atoms with E-state index >= 15 is 0 Å². The van der Waals surface area contributed by atoms with Gasteiger partial charge < -0.3 is 4.57 Å². The van der Waals surface area contributed by atoms with E-state index in [2.05, 4.69) is 4.98 Å². The van der Waals surface area contributed by atoms with Crippen molar-refractivity contribution in [3.63, 3.8) is 0 Å². The molecule has 0 aliphatic carbocycles. The van der Waals surface area contributed by atoms with E-state index in [1.165, 1.54) is 16.8 Å². The minimum absolute atomic E-state index is 0.0916. The van der Waals surface area contributed by atoms with Gasteiger partial charge in [-0.2, -0.15) is 8.42 Å². The van der Waals surface area contributed by atoms with Gasteiger partial charge >= 0.3 is 0 Å². The van der Waals surface area contributed by atoms with Crippen LogP contribution in [0.1, 0.15) is 6.92 Å². The molecule has 5 nitrogen and oxygen atoms in total. The average Bonchev–Trinajstić information content (AvgIpc) is 2.85. The van der Waals surface area contributed by atoms with Gasteiger partial charge in [-0.1, -0.05) is 19.1 Å². The molecule has 2 heterocycles. The van der Waals surface area contributed by atoms with Gasteiger partial charge in [0.2, 0.25) is 0 Å². The van der Waals surface area contributed by atoms with E-state index in [1.807, 2.05) is 31.2 Å². The van der Waals surface area contributed by atoms with Crippen molar-refractivity contribution < 1.29 is 8.42 Å². The van der Waals surface area contributed by atoms with Crippen molar-refractivity contribution in [3.8, 4) is 0 Å². The van der Waals surface area contributed by atoms with Crippen LogP contribution in [-0.4, -0.2) is 29.8 Å². The van der Waals surface area contributed by atoms with Gasteiger partial charge in [-0.15, -0.1) is 11.8 Å². The predicted octanol–water partition coefficient (Wildman–Crippen LogP) is 2.11. The number of anilines is 1. The van der Waals surface area contributed by atoms with E-state index in [-0.39, 0.29) is 10.3 Å². The Morgan fingerprint density at radius 2 is 2.10 bits per heavy atom. The maximum atomic E-state index is 12.7. The van der Waals surface area contributed by atoms with Crippen molar-refractivity contribution in [2.45, 2.75) is 22.1 Å². The fourth-order valence-corrected chi connectivity index (χ4v) is 5.02. The Labute approximate surface area is 122 Å². The molecule has 0 radical (unpaired) electrons. The van der Waals surface area contributed by atoms with Crippen LogP contribution < -0.4 is 4.31 Å². The molecule has 3 rings (SSSR count). The van der Waals surface area contributed by atoms with Crippen LogP contribution in [-0.2, 0) is 17.1 Å². The number of hydrogen-bond acceptors (Lipinski definition) is 4. The number of rotatable bonds is 2. The molecular weight excluding hydrogens is 294 g/mol. The first-order chi connectivity index (χ1) is 9.48. The summed E-state index contributed by atoms with van der Waals surface area (Å²) in [5.74, 6) is 0. The van der Waals surface area contributed by atoms with Gasteiger partial charge in [0.1, 0.15) is 0 Å². The Hall–Kier alpha value is -1.47. The molecule has 0 saturated carbocycles. The van der Waals surface area contributed by atoms with Crippen LogP contribution in [0.15, 0.2) is 46.7 Å². The van der Waals surface area contributed by atoms with Gasteiger partial charge in [0.25, 0.3) is 10.0 Å². The number of thioether (sulfide) groups is 1. The summed E-state index contributed by atoms with van der Waals surface area (Å²) in [7, 11) is -1.84. The Kier molecular flexibility index (Phi) is 3.25. The summed E-state index contributed by atoms with van der Waals surface area (Å²) < 4.78 is 28.6. The number of aromatic nitrogens is 2. The summed E-state index contributed by atoms with van der Waals surface area (Å²) in [6.45, 7) is 2.49. The topological polar surface area (TPSA) is 55.2 Å². The SMILES string of the molecule is C[C@H]1CN(S(=O)(=O)c2cn(C)cn2)c2ccccc2S1. The minimum Gasteiger partial charge on any atom is -0.339 e. The van der Waals surface area contributed by atoms with E-state index in [0.717, 1.165) is 10.6 Å². The predicted molar refractivity (Wildman–Crippen MR) is 79.5 cm³/mol. The highest BCUT2D eigenvalue weighted by Gasteiger charge is 2.33. The van der Waals surface area contributed by atoms with Crippen LogP contribution in [0, 0.1) is 0 Å². The average molecular weight is 309 g/mol. The highest BCUT2D eigenvalue weighted by molar-refractivity contribution is 8.00. The van der Waals surface area contributed by atoms with Gasteiger partial charge in [-0.05, 0) is 12.1 Å². The second kappa shape index (κ2) is 4.82. The summed E-state index contributed by atoms with van der Waals surface area (Å²) in [4.78, 5) is 4.98. The third-order valence-corrected chi connectivity index (χ3v) is 5.94. The number of aryl methyl sites for hydroxylation is 1. The van der Waals surface area contributed by atoms with Crippen LogP contribution in [0.4, 0.5) is 5.69 Å². The molecule has 1 aromatic heterocycles. The fourth-order valence-electron chi connectivity index (χ4n) is 2.21. The second-order valence-corrected chi connectivity index (χ2v) is 8.10. The molecule has 0 amide bonds. The summed E-state index contributed by atoms with van der Waals surface area (Å²) in [5, 5.41) is 0.303. The quantitative estimate of drug-likeness (QED) is 0.852. The van der Waals surface area contributed by atoms with Crippen molar-refractivity contribution in [1.29, 1.82) is 0 Å². The molecule has 0 fully saturated rings. The molecule has 1 aliphatic rings. The van der Waals surface area contributed by atoms with Crippen LogP contribution in [0.5, 0.6) is 0 Å². The van der Waals surface area contributed by atoms with E-state index in [1.54, 1.807) is 23.4 Å². The number of benzene rings is 1. The summed E-state index contributed by atoms with van der Waals surface area (Å²) in [5.41, 5.74) is 0.737. The lowest BCUT2D eigenvalue weighted by Crippen LogP contribution is -2.38. The van der Waals surface area contributed by atoms with Crippen molar-refractivity contribution in [3.05, 3.63) is 36.8 Å². The molecule has 20 heavy (non-hydrogen) atoms. The Bertz CT molecular complexity index is 740. The summed E-state index contributed by atoms with van der Waals surface area (Å²) in [6, 6.07) is 7.58. The zero-order valence-corrected chi connectivity index (χ0v) is 12.9. The zero-order valence-electron chi connectivity index (χ0n) is 11.2. The lowest BCUT2D eigenvalue weighted by atomic mass is 10.3. The maximum Gasteiger partial charge on any atom is 0.283 e. The number of fused-ring (bicyclic) bond motifs is 1. The van der Waals surface area contributed by atoms with E-state index in [4.69, 9.17) is 0 Å². The Morgan fingerprint density at radius 3 is 2.80 bits per heavy atom. The highest BCUT2D eigenvalue weighted by atomic mass is 32.2. The first-order valence-corrected chi connectivity index (χ1v) is 8.57. The van der Waals surface area contributed by atoms with Crippen LogP contribution in [0.2, 0.25) is 0 Å². The molecule has 106 valence electrons. The van der Waals surface area contributed by atoms with Crippen molar-refractivity contribution >= 4 is 27.5 Å². The zero-order chi connectivity index (χ0) is 14.3. The van der Waals surface area contributed by atoms with Crippen LogP contribution in [0.25, 0.3) is 0 Å². The van der Waals surface area contributed by atoms with Crippen LogP contribution in [0.3, 0.4) is 0 Å². The van der Waals surface area contributed by atoms with Crippen molar-refractivity contribution in [1.82, 2.24) is 9.55 Å². The first-order valence-electron chi connectivity index (χ1n) is 6.25. The van der Waals surface area contributed by atoms with Gasteiger partial charge in [0.15, 0.2) is 5.03 Å². The van der Waals surface area contributed by atoms with Crippen molar-refractivity contribution in [2.24, 2.45) is 7.05 Å². The van der Waals surface area contributed by atoms with Gasteiger partial charge in [0, 0.05) is 29.9 Å². The second-order valence-electron chi connectivity index (χ2n) is 4.81. The van der Waals surface area contributed by atoms with Gasteiger partial charge in [0.05, 0.1) is 12.0 Å². The van der Waals surface area contributed by atoms with E-state index in [0.29, 0.717) is 6.54 Å². The standard InChI is InChI=1S/C13H15N3O2S2/c1-10-7-16(11-5-3-4-6-12(11)19-10)20(17,18)13-8-15(2)9-14-13/h3-6,8-10H,7H2,1-2H3/t10-/m0/s1. The largest absolute Gasteiger partial charge is 0.339 e. The molecule has 7 heteroatoms. The molecular formula is C13H15N3O2S2. The third kappa shape index (κ3) is 2.20. The first kappa shape index (κ1) is 13.5. The van der Waals surface area contributed by atoms with Crippen molar-refractivity contribution in [2.75, 3.05) is 10.8 Å². The van der Waals surface area contributed by atoms with Gasteiger partial charge in [-0.3, -0.25) is 4.31 Å². The molecule has 0 N–H and O–H groups in total. The van der Waals surface area contributed by atoms with E-state index < -0.39 is 10.0 Å². The highest BCUT2D eigenvalue weighted by Crippen LogP contribution is 2.40. The smallest absolute Gasteiger partial charge is 0.283 e. The Balaban J connectivity index is 2.10. The molecule has 1 atom stereocenters. The summed E-state index contributed by atoms with van der Waals surface area (Å²) in [6.07, 6.45) is 3.03. The number of para-hydroxylation sites is 1.